The fraction of sp³-hybridized carbons (Fsp3) is 1.00. The summed E-state index contributed by atoms with van der Waals surface area (Å²) in [4.78, 5) is 0. The predicted molar refractivity (Wildman–Crippen MR) is 59.2 cm³/mol. The van der Waals surface area contributed by atoms with Crippen LogP contribution in [0, 0.1) is 0 Å². The van der Waals surface area contributed by atoms with Gasteiger partial charge in [0, 0.05) is 17.8 Å². The number of hydrogen-bond donors (Lipinski definition) is 2. The van der Waals surface area contributed by atoms with E-state index in [1.165, 1.54) is 25.7 Å². The van der Waals surface area contributed by atoms with Crippen molar-refractivity contribution >= 4 is 11.8 Å². The van der Waals surface area contributed by atoms with Gasteiger partial charge < -0.3 is 10.4 Å². The zero-order valence-corrected chi connectivity index (χ0v) is 9.44. The highest BCUT2D eigenvalue weighted by molar-refractivity contribution is 7.99. The molecular formula is C10H21NOS. The normalized spacial score (nSPS) is 31.6. The first-order valence-corrected chi connectivity index (χ1v) is 6.45. The molecule has 0 aromatic rings. The molecule has 1 fully saturated rings. The molecule has 1 saturated carbocycles. The van der Waals surface area contributed by atoms with Crippen LogP contribution in [0.5, 0.6) is 0 Å². The second kappa shape index (κ2) is 5.89. The van der Waals surface area contributed by atoms with Gasteiger partial charge in [0.15, 0.2) is 0 Å². The first-order valence-electron chi connectivity index (χ1n) is 5.16. The zero-order chi connectivity index (χ0) is 9.68. The molecule has 1 aliphatic rings. The number of rotatable bonds is 4. The molecular weight excluding hydrogens is 182 g/mol. The fourth-order valence-corrected chi connectivity index (χ4v) is 2.58. The molecule has 0 aliphatic heterocycles. The van der Waals surface area contributed by atoms with Crippen molar-refractivity contribution in [3.63, 3.8) is 0 Å². The van der Waals surface area contributed by atoms with E-state index in [9.17, 15) is 0 Å². The van der Waals surface area contributed by atoms with Gasteiger partial charge in [-0.3, -0.25) is 0 Å². The van der Waals surface area contributed by atoms with E-state index in [0.717, 1.165) is 11.8 Å². The van der Waals surface area contributed by atoms with Crippen LogP contribution in [-0.2, 0) is 0 Å². The van der Waals surface area contributed by atoms with Crippen LogP contribution in [0.1, 0.15) is 32.6 Å². The van der Waals surface area contributed by atoms with Crippen molar-refractivity contribution in [2.24, 2.45) is 0 Å². The molecule has 1 rings (SSSR count). The molecule has 1 aliphatic carbocycles. The molecule has 0 bridgehead atoms. The summed E-state index contributed by atoms with van der Waals surface area (Å²) in [6.45, 7) is 2.58. The Morgan fingerprint density at radius 2 is 2.00 bits per heavy atom. The third kappa shape index (κ3) is 4.34. The molecule has 0 aromatic heterocycles. The molecule has 0 saturated heterocycles. The van der Waals surface area contributed by atoms with E-state index in [1.54, 1.807) is 0 Å². The van der Waals surface area contributed by atoms with E-state index < -0.39 is 0 Å². The Hall–Kier alpha value is 0.270. The van der Waals surface area contributed by atoms with E-state index in [2.05, 4.69) is 11.6 Å². The SMILES string of the molecule is CSC1CCC(NC[C@@H](C)O)CC1. The van der Waals surface area contributed by atoms with Crippen LogP contribution in [0.3, 0.4) is 0 Å². The van der Waals surface area contributed by atoms with Crippen molar-refractivity contribution in [1.82, 2.24) is 5.32 Å². The smallest absolute Gasteiger partial charge is 0.0636 e. The van der Waals surface area contributed by atoms with Crippen LogP contribution >= 0.6 is 11.8 Å². The Balaban J connectivity index is 2.10. The first kappa shape index (κ1) is 11.3. The van der Waals surface area contributed by atoms with E-state index >= 15 is 0 Å². The largest absolute Gasteiger partial charge is 0.392 e. The molecule has 0 aromatic carbocycles. The second-order valence-corrected chi connectivity index (χ2v) is 5.10. The Kier molecular flexibility index (Phi) is 5.14. The van der Waals surface area contributed by atoms with Crippen molar-refractivity contribution < 1.29 is 5.11 Å². The molecule has 78 valence electrons. The lowest BCUT2D eigenvalue weighted by molar-refractivity contribution is 0.181. The summed E-state index contributed by atoms with van der Waals surface area (Å²) < 4.78 is 0. The van der Waals surface area contributed by atoms with Crippen molar-refractivity contribution in [1.29, 1.82) is 0 Å². The number of hydrogen-bond acceptors (Lipinski definition) is 3. The Morgan fingerprint density at radius 1 is 1.38 bits per heavy atom. The van der Waals surface area contributed by atoms with E-state index in [-0.39, 0.29) is 6.10 Å². The molecule has 0 radical (unpaired) electrons. The predicted octanol–water partition coefficient (Wildman–Crippen LogP) is 1.63. The third-order valence-electron chi connectivity index (χ3n) is 2.71. The van der Waals surface area contributed by atoms with Crippen LogP contribution in [0.15, 0.2) is 0 Å². The number of aliphatic hydroxyl groups is 1. The number of thioether (sulfide) groups is 1. The highest BCUT2D eigenvalue weighted by Gasteiger charge is 2.19. The van der Waals surface area contributed by atoms with Crippen molar-refractivity contribution in [3.05, 3.63) is 0 Å². The summed E-state index contributed by atoms with van der Waals surface area (Å²) in [5, 5.41) is 13.4. The van der Waals surface area contributed by atoms with Crippen molar-refractivity contribution in [2.75, 3.05) is 12.8 Å². The van der Waals surface area contributed by atoms with Gasteiger partial charge in [-0.2, -0.15) is 11.8 Å². The maximum atomic E-state index is 9.11. The highest BCUT2D eigenvalue weighted by Crippen LogP contribution is 2.26. The average Bonchev–Trinajstić information content (AvgIpc) is 2.15. The van der Waals surface area contributed by atoms with Gasteiger partial charge in [-0.15, -0.1) is 0 Å². The van der Waals surface area contributed by atoms with E-state index in [1.807, 2.05) is 18.7 Å². The van der Waals surface area contributed by atoms with Gasteiger partial charge in [0.2, 0.25) is 0 Å². The maximum absolute atomic E-state index is 9.11. The molecule has 3 heteroatoms. The van der Waals surface area contributed by atoms with Gasteiger partial charge in [-0.1, -0.05) is 0 Å². The summed E-state index contributed by atoms with van der Waals surface area (Å²) in [6, 6.07) is 0.651. The van der Waals surface area contributed by atoms with Gasteiger partial charge in [-0.05, 0) is 38.9 Å². The van der Waals surface area contributed by atoms with Gasteiger partial charge >= 0.3 is 0 Å². The van der Waals surface area contributed by atoms with E-state index in [0.29, 0.717) is 6.04 Å². The Morgan fingerprint density at radius 3 is 2.46 bits per heavy atom. The zero-order valence-electron chi connectivity index (χ0n) is 8.62. The second-order valence-electron chi connectivity index (χ2n) is 3.97. The molecule has 0 heterocycles. The third-order valence-corrected chi connectivity index (χ3v) is 3.85. The fourth-order valence-electron chi connectivity index (χ4n) is 1.84. The lowest BCUT2D eigenvalue weighted by Gasteiger charge is -2.28. The van der Waals surface area contributed by atoms with Gasteiger partial charge in [0.1, 0.15) is 0 Å². The van der Waals surface area contributed by atoms with Crippen molar-refractivity contribution in [3.8, 4) is 0 Å². The van der Waals surface area contributed by atoms with Gasteiger partial charge in [0.25, 0.3) is 0 Å². The molecule has 1 atom stereocenters. The highest BCUT2D eigenvalue weighted by atomic mass is 32.2. The maximum Gasteiger partial charge on any atom is 0.0636 e. The van der Waals surface area contributed by atoms with Crippen LogP contribution in [0.2, 0.25) is 0 Å². The lowest BCUT2D eigenvalue weighted by Crippen LogP contribution is -2.37. The topological polar surface area (TPSA) is 32.3 Å². The van der Waals surface area contributed by atoms with E-state index in [4.69, 9.17) is 5.11 Å². The van der Waals surface area contributed by atoms with Crippen molar-refractivity contribution in [2.45, 2.75) is 50.0 Å². The molecule has 13 heavy (non-hydrogen) atoms. The summed E-state index contributed by atoms with van der Waals surface area (Å²) in [7, 11) is 0. The summed E-state index contributed by atoms with van der Waals surface area (Å²) in [5.41, 5.74) is 0. The average molecular weight is 203 g/mol. The molecule has 0 unspecified atom stereocenters. The minimum Gasteiger partial charge on any atom is -0.392 e. The van der Waals surface area contributed by atoms with Gasteiger partial charge in [-0.25, -0.2) is 0 Å². The standard InChI is InChI=1S/C10H21NOS/c1-8(12)7-11-9-3-5-10(13-2)6-4-9/h8-12H,3-7H2,1-2H3/t8-,9?,10?/m1/s1. The minimum atomic E-state index is -0.210. The first-order chi connectivity index (χ1) is 6.22. The van der Waals surface area contributed by atoms with Crippen LogP contribution in [0.25, 0.3) is 0 Å². The number of nitrogens with one attached hydrogen (secondary N) is 1. The van der Waals surface area contributed by atoms with Gasteiger partial charge in [0.05, 0.1) is 6.10 Å². The molecule has 2 N–H and O–H groups in total. The Bertz CT molecular complexity index is 133. The summed E-state index contributed by atoms with van der Waals surface area (Å²) >= 11 is 2.00. The lowest BCUT2D eigenvalue weighted by atomic mass is 9.95. The Labute approximate surface area is 85.5 Å². The summed E-state index contributed by atoms with van der Waals surface area (Å²) in [6.07, 6.45) is 7.21. The van der Waals surface area contributed by atoms with Crippen LogP contribution in [-0.4, -0.2) is 35.3 Å². The quantitative estimate of drug-likeness (QED) is 0.728. The molecule has 0 spiro atoms. The molecule has 0 amide bonds. The number of aliphatic hydroxyl groups excluding tert-OH is 1. The van der Waals surface area contributed by atoms with Crippen LogP contribution in [0.4, 0.5) is 0 Å². The van der Waals surface area contributed by atoms with Crippen LogP contribution < -0.4 is 5.32 Å². The monoisotopic (exact) mass is 203 g/mol. The molecule has 2 nitrogen and oxygen atoms in total. The summed E-state index contributed by atoms with van der Waals surface area (Å²) in [5.74, 6) is 0. The minimum absolute atomic E-state index is 0.210.